The highest BCUT2D eigenvalue weighted by molar-refractivity contribution is 6.06. The van der Waals surface area contributed by atoms with Crippen molar-refractivity contribution < 1.29 is 14.4 Å². The number of pyridine rings is 1. The molecule has 1 atom stereocenters. The van der Waals surface area contributed by atoms with Crippen LogP contribution < -0.4 is 10.9 Å². The molecule has 1 N–H and O–H groups in total. The number of hydrogen-bond acceptors (Lipinski definition) is 4. The van der Waals surface area contributed by atoms with Crippen molar-refractivity contribution in [2.24, 2.45) is 5.41 Å². The van der Waals surface area contributed by atoms with Crippen LogP contribution in [0.5, 0.6) is 0 Å². The molecular formula is C15H17N3O4. The normalized spacial score (nSPS) is 24.1. The summed E-state index contributed by atoms with van der Waals surface area (Å²) in [7, 11) is 0. The van der Waals surface area contributed by atoms with Gasteiger partial charge in [-0.05, 0) is 12.5 Å². The summed E-state index contributed by atoms with van der Waals surface area (Å²) < 4.78 is 1.48. The van der Waals surface area contributed by atoms with Gasteiger partial charge in [-0.25, -0.2) is 0 Å². The number of aryl methyl sites for hydroxylation is 1. The molecule has 0 aromatic carbocycles. The Bertz CT molecular complexity index is 696. The summed E-state index contributed by atoms with van der Waals surface area (Å²) in [5.41, 5.74) is -0.884. The van der Waals surface area contributed by atoms with E-state index in [1.54, 1.807) is 23.2 Å². The van der Waals surface area contributed by atoms with Crippen LogP contribution in [0, 0.1) is 5.41 Å². The van der Waals surface area contributed by atoms with E-state index in [9.17, 15) is 19.2 Å². The van der Waals surface area contributed by atoms with Gasteiger partial charge in [0.05, 0.1) is 5.41 Å². The number of amides is 3. The number of imide groups is 1. The Morgan fingerprint density at radius 1 is 1.27 bits per heavy atom. The van der Waals surface area contributed by atoms with E-state index in [-0.39, 0.29) is 42.7 Å². The van der Waals surface area contributed by atoms with Crippen molar-refractivity contribution in [3.63, 3.8) is 0 Å². The molecule has 2 aliphatic heterocycles. The lowest BCUT2D eigenvalue weighted by molar-refractivity contribution is -0.132. The highest BCUT2D eigenvalue weighted by Gasteiger charge is 2.51. The monoisotopic (exact) mass is 303 g/mol. The molecule has 0 radical (unpaired) electrons. The van der Waals surface area contributed by atoms with Crippen LogP contribution in [-0.4, -0.2) is 40.3 Å². The zero-order valence-corrected chi connectivity index (χ0v) is 12.1. The van der Waals surface area contributed by atoms with Gasteiger partial charge in [0.15, 0.2) is 0 Å². The van der Waals surface area contributed by atoms with Gasteiger partial charge in [-0.15, -0.1) is 0 Å². The summed E-state index contributed by atoms with van der Waals surface area (Å²) in [5.74, 6) is -0.637. The predicted octanol–water partition coefficient (Wildman–Crippen LogP) is -0.496. The van der Waals surface area contributed by atoms with Gasteiger partial charge >= 0.3 is 0 Å². The summed E-state index contributed by atoms with van der Waals surface area (Å²) in [5, 5.41) is 2.31. The molecular weight excluding hydrogens is 286 g/mol. The molecule has 7 heteroatoms. The molecule has 3 heterocycles. The number of carbonyl (C=O) groups is 3. The van der Waals surface area contributed by atoms with Crippen LogP contribution in [-0.2, 0) is 20.9 Å². The van der Waals surface area contributed by atoms with E-state index in [2.05, 4.69) is 5.32 Å². The highest BCUT2D eigenvalue weighted by atomic mass is 16.2. The Balaban J connectivity index is 1.61. The standard InChI is InChI=1S/C15H17N3O4/c19-11-9-15(14(22)16-11)5-8-18(10-15)13(21)4-7-17-6-2-1-3-12(17)20/h1-3,6H,4-5,7-10H2,(H,16,19,22)/t15-/m1/s1. The minimum Gasteiger partial charge on any atom is -0.342 e. The lowest BCUT2D eigenvalue weighted by atomic mass is 9.85. The molecule has 22 heavy (non-hydrogen) atoms. The number of likely N-dealkylation sites (tertiary alicyclic amines) is 1. The number of aromatic nitrogens is 1. The van der Waals surface area contributed by atoms with Crippen molar-refractivity contribution >= 4 is 17.7 Å². The van der Waals surface area contributed by atoms with E-state index >= 15 is 0 Å². The van der Waals surface area contributed by atoms with Crippen molar-refractivity contribution in [3.8, 4) is 0 Å². The molecule has 2 saturated heterocycles. The van der Waals surface area contributed by atoms with E-state index in [0.717, 1.165) is 0 Å². The molecule has 0 saturated carbocycles. The van der Waals surface area contributed by atoms with Gasteiger partial charge < -0.3 is 9.47 Å². The molecule has 2 fully saturated rings. The number of nitrogens with zero attached hydrogens (tertiary/aromatic N) is 2. The molecule has 116 valence electrons. The lowest BCUT2D eigenvalue weighted by Crippen LogP contribution is -2.37. The average Bonchev–Trinajstić information content (AvgIpc) is 3.02. The second-order valence-corrected chi connectivity index (χ2v) is 5.88. The minimum absolute atomic E-state index is 0.0974. The van der Waals surface area contributed by atoms with Gasteiger partial charge in [0, 0.05) is 44.7 Å². The molecule has 2 aliphatic rings. The summed E-state index contributed by atoms with van der Waals surface area (Å²) in [6.07, 6.45) is 2.52. The highest BCUT2D eigenvalue weighted by Crippen LogP contribution is 2.37. The fourth-order valence-corrected chi connectivity index (χ4v) is 3.13. The van der Waals surface area contributed by atoms with Crippen LogP contribution in [0.4, 0.5) is 0 Å². The van der Waals surface area contributed by atoms with Crippen molar-refractivity contribution in [2.75, 3.05) is 13.1 Å². The summed E-state index contributed by atoms with van der Waals surface area (Å²) in [4.78, 5) is 48.7. The third-order valence-electron chi connectivity index (χ3n) is 4.41. The van der Waals surface area contributed by atoms with Crippen LogP contribution in [0.1, 0.15) is 19.3 Å². The third kappa shape index (κ3) is 2.54. The Kier molecular flexibility index (Phi) is 3.56. The Morgan fingerprint density at radius 3 is 2.77 bits per heavy atom. The van der Waals surface area contributed by atoms with Crippen LogP contribution in [0.15, 0.2) is 29.2 Å². The van der Waals surface area contributed by atoms with Gasteiger partial charge in [0.1, 0.15) is 0 Å². The van der Waals surface area contributed by atoms with Gasteiger partial charge in [-0.3, -0.25) is 24.5 Å². The molecule has 3 rings (SSSR count). The Morgan fingerprint density at radius 2 is 2.09 bits per heavy atom. The topological polar surface area (TPSA) is 88.5 Å². The van der Waals surface area contributed by atoms with Crippen molar-refractivity contribution in [1.82, 2.24) is 14.8 Å². The van der Waals surface area contributed by atoms with Gasteiger partial charge in [-0.1, -0.05) is 6.07 Å². The van der Waals surface area contributed by atoms with E-state index < -0.39 is 5.41 Å². The van der Waals surface area contributed by atoms with Crippen molar-refractivity contribution in [2.45, 2.75) is 25.8 Å². The Labute approximate surface area is 126 Å². The zero-order chi connectivity index (χ0) is 15.7. The number of hydrogen-bond donors (Lipinski definition) is 1. The maximum atomic E-state index is 12.3. The first-order valence-electron chi connectivity index (χ1n) is 7.28. The number of rotatable bonds is 3. The quantitative estimate of drug-likeness (QED) is 0.763. The lowest BCUT2D eigenvalue weighted by Gasteiger charge is -2.20. The average molecular weight is 303 g/mol. The molecule has 0 unspecified atom stereocenters. The van der Waals surface area contributed by atoms with Crippen LogP contribution >= 0.6 is 0 Å². The SMILES string of the molecule is O=C1C[C@@]2(CCN(C(=O)CCn3ccccc3=O)C2)C(=O)N1. The second-order valence-electron chi connectivity index (χ2n) is 5.88. The minimum atomic E-state index is -0.740. The summed E-state index contributed by atoms with van der Waals surface area (Å²) >= 11 is 0. The molecule has 0 bridgehead atoms. The first-order chi connectivity index (χ1) is 10.5. The van der Waals surface area contributed by atoms with E-state index in [1.807, 2.05) is 0 Å². The van der Waals surface area contributed by atoms with Gasteiger partial charge in [-0.2, -0.15) is 0 Å². The number of nitrogens with one attached hydrogen (secondary N) is 1. The molecule has 0 aliphatic carbocycles. The molecule has 7 nitrogen and oxygen atoms in total. The Hall–Kier alpha value is -2.44. The van der Waals surface area contributed by atoms with Crippen molar-refractivity contribution in [1.29, 1.82) is 0 Å². The number of carbonyl (C=O) groups excluding carboxylic acids is 3. The maximum Gasteiger partial charge on any atom is 0.250 e. The zero-order valence-electron chi connectivity index (χ0n) is 12.1. The van der Waals surface area contributed by atoms with Crippen LogP contribution in [0.3, 0.4) is 0 Å². The first kappa shape index (κ1) is 14.5. The fourth-order valence-electron chi connectivity index (χ4n) is 3.13. The van der Waals surface area contributed by atoms with E-state index in [0.29, 0.717) is 19.5 Å². The molecule has 1 aromatic rings. The third-order valence-corrected chi connectivity index (χ3v) is 4.41. The van der Waals surface area contributed by atoms with Gasteiger partial charge in [0.2, 0.25) is 17.7 Å². The van der Waals surface area contributed by atoms with E-state index in [4.69, 9.17) is 0 Å². The predicted molar refractivity (Wildman–Crippen MR) is 76.7 cm³/mol. The summed E-state index contributed by atoms with van der Waals surface area (Å²) in [6, 6.07) is 4.84. The molecule has 3 amide bonds. The maximum absolute atomic E-state index is 12.3. The fraction of sp³-hybridized carbons (Fsp3) is 0.467. The van der Waals surface area contributed by atoms with Crippen molar-refractivity contribution in [3.05, 3.63) is 34.7 Å². The first-order valence-corrected chi connectivity index (χ1v) is 7.28. The summed E-state index contributed by atoms with van der Waals surface area (Å²) in [6.45, 7) is 1.07. The van der Waals surface area contributed by atoms with Gasteiger partial charge in [0.25, 0.3) is 5.56 Å². The smallest absolute Gasteiger partial charge is 0.250 e. The van der Waals surface area contributed by atoms with Crippen LogP contribution in [0.2, 0.25) is 0 Å². The largest absolute Gasteiger partial charge is 0.342 e. The van der Waals surface area contributed by atoms with E-state index in [1.165, 1.54) is 10.6 Å². The molecule has 1 spiro atoms. The van der Waals surface area contributed by atoms with Crippen LogP contribution in [0.25, 0.3) is 0 Å². The molecule has 1 aromatic heterocycles. The second kappa shape index (κ2) is 5.40.